The van der Waals surface area contributed by atoms with Crippen molar-refractivity contribution >= 4 is 16.8 Å². The third kappa shape index (κ3) is 1.18. The molecule has 3 rings (SSSR count). The van der Waals surface area contributed by atoms with Crippen LogP contribution in [0.25, 0.3) is 17.1 Å². The highest BCUT2D eigenvalue weighted by atomic mass is 16.4. The first kappa shape index (κ1) is 8.96. The van der Waals surface area contributed by atoms with E-state index in [0.717, 1.165) is 5.82 Å². The summed E-state index contributed by atoms with van der Waals surface area (Å²) in [6.45, 7) is 1.89. The minimum Gasteiger partial charge on any atom is -0.423 e. The van der Waals surface area contributed by atoms with Gasteiger partial charge in [0.25, 0.3) is 0 Å². The molecule has 2 N–H and O–H groups in total. The quantitative estimate of drug-likeness (QED) is 0.628. The molecule has 0 fully saturated rings. The third-order valence-electron chi connectivity index (χ3n) is 2.47. The molecule has 0 bridgehead atoms. The molecule has 2 aromatic heterocycles. The van der Waals surface area contributed by atoms with Crippen molar-refractivity contribution in [2.45, 2.75) is 6.92 Å². The van der Waals surface area contributed by atoms with Crippen molar-refractivity contribution in [2.24, 2.45) is 0 Å². The number of fused-ring (bicyclic) bond motifs is 1. The van der Waals surface area contributed by atoms with Crippen LogP contribution in [-0.2, 0) is 0 Å². The first-order valence-electron chi connectivity index (χ1n) is 4.91. The highest BCUT2D eigenvalue weighted by molar-refractivity contribution is 5.85. The lowest BCUT2D eigenvalue weighted by Crippen LogP contribution is -1.95. The summed E-state index contributed by atoms with van der Waals surface area (Å²) in [6, 6.07) is 5.97. The first-order chi connectivity index (χ1) is 7.75. The topological polar surface area (TPSA) is 69.9 Å². The van der Waals surface area contributed by atoms with Gasteiger partial charge in [-0.25, -0.2) is 4.98 Å². The number of rotatable bonds is 1. The number of oxazole rings is 1. The van der Waals surface area contributed by atoms with Crippen molar-refractivity contribution in [3.05, 3.63) is 36.4 Å². The molecule has 0 saturated carbocycles. The van der Waals surface area contributed by atoms with Crippen LogP contribution in [0, 0.1) is 6.92 Å². The molecule has 0 atom stereocenters. The van der Waals surface area contributed by atoms with E-state index in [1.54, 1.807) is 23.0 Å². The highest BCUT2D eigenvalue weighted by Crippen LogP contribution is 2.23. The normalized spacial score (nSPS) is 11.1. The Morgan fingerprint density at radius 2 is 2.25 bits per heavy atom. The van der Waals surface area contributed by atoms with E-state index in [1.165, 1.54) is 0 Å². The predicted molar refractivity (Wildman–Crippen MR) is 60.3 cm³/mol. The maximum Gasteiger partial charge on any atom is 0.308 e. The number of anilines is 1. The van der Waals surface area contributed by atoms with E-state index in [4.69, 9.17) is 10.2 Å². The smallest absolute Gasteiger partial charge is 0.308 e. The monoisotopic (exact) mass is 214 g/mol. The number of aromatic nitrogens is 3. The van der Waals surface area contributed by atoms with Gasteiger partial charge >= 0.3 is 6.01 Å². The Kier molecular flexibility index (Phi) is 1.73. The molecule has 0 spiro atoms. The molecular weight excluding hydrogens is 204 g/mol. The summed E-state index contributed by atoms with van der Waals surface area (Å²) >= 11 is 0. The zero-order valence-electron chi connectivity index (χ0n) is 8.71. The molecule has 0 aliphatic carbocycles. The van der Waals surface area contributed by atoms with E-state index in [9.17, 15) is 0 Å². The third-order valence-corrected chi connectivity index (χ3v) is 2.47. The van der Waals surface area contributed by atoms with Crippen molar-refractivity contribution in [3.63, 3.8) is 0 Å². The lowest BCUT2D eigenvalue weighted by atomic mass is 10.3. The Balaban J connectivity index is 2.27. The van der Waals surface area contributed by atoms with E-state index in [0.29, 0.717) is 22.8 Å². The number of aryl methyl sites for hydroxylation is 1. The van der Waals surface area contributed by atoms with Gasteiger partial charge in [-0.3, -0.25) is 4.57 Å². The fourth-order valence-corrected chi connectivity index (χ4v) is 1.64. The van der Waals surface area contributed by atoms with E-state index in [-0.39, 0.29) is 0 Å². The summed E-state index contributed by atoms with van der Waals surface area (Å²) in [5.41, 5.74) is 7.80. The minimum absolute atomic E-state index is 0.489. The van der Waals surface area contributed by atoms with Gasteiger partial charge < -0.3 is 10.2 Å². The van der Waals surface area contributed by atoms with Crippen molar-refractivity contribution in [1.29, 1.82) is 0 Å². The highest BCUT2D eigenvalue weighted by Gasteiger charge is 2.10. The largest absolute Gasteiger partial charge is 0.423 e. The average molecular weight is 214 g/mol. The molecule has 5 nitrogen and oxygen atoms in total. The molecule has 16 heavy (non-hydrogen) atoms. The zero-order chi connectivity index (χ0) is 11.1. The van der Waals surface area contributed by atoms with E-state index in [1.807, 2.05) is 19.1 Å². The molecule has 3 aromatic rings. The maximum absolute atomic E-state index is 5.81. The van der Waals surface area contributed by atoms with Crippen molar-refractivity contribution in [2.75, 3.05) is 5.73 Å². The molecule has 0 amide bonds. The number of nitrogens with zero attached hydrogens (tertiary/aromatic N) is 3. The minimum atomic E-state index is 0.489. The Labute approximate surface area is 91.5 Å². The number of para-hydroxylation sites is 1. The SMILES string of the molecule is Cc1nccn1-c1nc2c(N)cccc2o1. The van der Waals surface area contributed by atoms with Gasteiger partial charge in [-0.15, -0.1) is 0 Å². The van der Waals surface area contributed by atoms with E-state index >= 15 is 0 Å². The fraction of sp³-hybridized carbons (Fsp3) is 0.0909. The standard InChI is InChI=1S/C11H10N4O/c1-7-13-5-6-15(7)11-14-10-8(12)3-2-4-9(10)16-11/h2-6H,12H2,1H3. The lowest BCUT2D eigenvalue weighted by molar-refractivity contribution is 0.559. The van der Waals surface area contributed by atoms with Crippen molar-refractivity contribution < 1.29 is 4.42 Å². The Hall–Kier alpha value is -2.30. The lowest BCUT2D eigenvalue weighted by Gasteiger charge is -1.95. The van der Waals surface area contributed by atoms with Gasteiger partial charge in [0.05, 0.1) is 5.69 Å². The average Bonchev–Trinajstić information content (AvgIpc) is 2.84. The zero-order valence-corrected chi connectivity index (χ0v) is 8.71. The second-order valence-corrected chi connectivity index (χ2v) is 3.53. The second-order valence-electron chi connectivity index (χ2n) is 3.53. The number of imidazole rings is 1. The second kappa shape index (κ2) is 3.10. The van der Waals surface area contributed by atoms with Crippen LogP contribution in [0.4, 0.5) is 5.69 Å². The maximum atomic E-state index is 5.81. The number of nitrogen functional groups attached to an aromatic ring is 1. The van der Waals surface area contributed by atoms with Crippen LogP contribution in [-0.4, -0.2) is 14.5 Å². The van der Waals surface area contributed by atoms with Crippen LogP contribution in [0.1, 0.15) is 5.82 Å². The molecule has 5 heteroatoms. The van der Waals surface area contributed by atoms with Gasteiger partial charge in [0.1, 0.15) is 11.3 Å². The van der Waals surface area contributed by atoms with Gasteiger partial charge in [0.2, 0.25) is 0 Å². The van der Waals surface area contributed by atoms with Crippen LogP contribution >= 0.6 is 0 Å². The summed E-state index contributed by atoms with van der Waals surface area (Å²) < 4.78 is 7.38. The molecule has 80 valence electrons. The molecule has 0 aliphatic rings. The van der Waals surface area contributed by atoms with Gasteiger partial charge in [-0.1, -0.05) is 6.07 Å². The summed E-state index contributed by atoms with van der Waals surface area (Å²) in [6.07, 6.45) is 3.50. The van der Waals surface area contributed by atoms with Crippen LogP contribution in [0.3, 0.4) is 0 Å². The molecular formula is C11H10N4O. The predicted octanol–water partition coefficient (Wildman–Crippen LogP) is 1.90. The Bertz CT molecular complexity index is 653. The van der Waals surface area contributed by atoms with Crippen LogP contribution in [0.5, 0.6) is 0 Å². The van der Waals surface area contributed by atoms with Crippen LogP contribution in [0.2, 0.25) is 0 Å². The summed E-state index contributed by atoms with van der Waals surface area (Å²) in [4.78, 5) is 8.46. The van der Waals surface area contributed by atoms with E-state index in [2.05, 4.69) is 9.97 Å². The fourth-order valence-electron chi connectivity index (χ4n) is 1.64. The Morgan fingerprint density at radius 3 is 2.94 bits per heavy atom. The number of benzene rings is 1. The summed E-state index contributed by atoms with van der Waals surface area (Å²) in [5.74, 6) is 0.824. The number of nitrogens with two attached hydrogens (primary N) is 1. The summed E-state index contributed by atoms with van der Waals surface area (Å²) in [5, 5.41) is 0. The van der Waals surface area contributed by atoms with Crippen molar-refractivity contribution in [1.82, 2.24) is 14.5 Å². The Morgan fingerprint density at radius 1 is 1.38 bits per heavy atom. The molecule has 0 radical (unpaired) electrons. The molecule has 1 aromatic carbocycles. The van der Waals surface area contributed by atoms with Gasteiger partial charge in [0, 0.05) is 12.4 Å². The summed E-state index contributed by atoms with van der Waals surface area (Å²) in [7, 11) is 0. The van der Waals surface area contributed by atoms with Crippen LogP contribution in [0.15, 0.2) is 35.0 Å². The molecule has 0 unspecified atom stereocenters. The van der Waals surface area contributed by atoms with E-state index < -0.39 is 0 Å². The first-order valence-corrected chi connectivity index (χ1v) is 4.91. The van der Waals surface area contributed by atoms with Gasteiger partial charge in [-0.05, 0) is 19.1 Å². The van der Waals surface area contributed by atoms with Crippen LogP contribution < -0.4 is 5.73 Å². The van der Waals surface area contributed by atoms with Gasteiger partial charge in [-0.2, -0.15) is 4.98 Å². The number of hydrogen-bond donors (Lipinski definition) is 1. The molecule has 0 saturated heterocycles. The molecule has 0 aliphatic heterocycles. The molecule has 2 heterocycles. The van der Waals surface area contributed by atoms with Crippen molar-refractivity contribution in [3.8, 4) is 6.01 Å². The van der Waals surface area contributed by atoms with Gasteiger partial charge in [0.15, 0.2) is 5.58 Å². The number of hydrogen-bond acceptors (Lipinski definition) is 4.